The summed E-state index contributed by atoms with van der Waals surface area (Å²) in [6, 6.07) is 0.0854. The number of carbonyl (C=O) groups excluding carboxylic acids is 1. The van der Waals surface area contributed by atoms with Crippen LogP contribution in [0.1, 0.15) is 62.0 Å². The molecule has 2 fully saturated rings. The van der Waals surface area contributed by atoms with Crippen molar-refractivity contribution >= 4 is 27.5 Å². The third-order valence-electron chi connectivity index (χ3n) is 6.10. The van der Waals surface area contributed by atoms with E-state index in [2.05, 4.69) is 5.16 Å². The molecule has 2 heterocycles. The highest BCUT2D eigenvalue weighted by Gasteiger charge is 2.38. The summed E-state index contributed by atoms with van der Waals surface area (Å²) in [4.78, 5) is 14.9. The fourth-order valence-corrected chi connectivity index (χ4v) is 7.31. The van der Waals surface area contributed by atoms with Gasteiger partial charge >= 0.3 is 0 Å². The molecule has 0 spiro atoms. The Bertz CT molecular complexity index is 784. The average Bonchev–Trinajstić information content (AvgIpc) is 3.37. The molecule has 1 amide bonds. The maximum atomic E-state index is 13.0. The summed E-state index contributed by atoms with van der Waals surface area (Å²) in [6.45, 7) is 0. The first kappa shape index (κ1) is 19.3. The third-order valence-corrected chi connectivity index (χ3v) is 8.78. The normalized spacial score (nSPS) is 24.8. The van der Waals surface area contributed by atoms with Crippen LogP contribution in [0.3, 0.4) is 0 Å². The summed E-state index contributed by atoms with van der Waals surface area (Å²) in [5, 5.41) is 4.21. The van der Waals surface area contributed by atoms with Crippen molar-refractivity contribution in [3.63, 3.8) is 0 Å². The molecule has 4 rings (SSSR count). The summed E-state index contributed by atoms with van der Waals surface area (Å²) in [6.07, 6.45) is 9.19. The second-order valence-corrected chi connectivity index (χ2v) is 11.2. The van der Waals surface area contributed by atoms with Crippen LogP contribution in [0.5, 0.6) is 0 Å². The number of fused-ring (bicyclic) bond motifs is 1. The molecule has 1 aromatic rings. The van der Waals surface area contributed by atoms with E-state index < -0.39 is 9.84 Å². The summed E-state index contributed by atoms with van der Waals surface area (Å²) < 4.78 is 29.3. The first-order valence-corrected chi connectivity index (χ1v) is 13.1. The smallest absolute Gasteiger partial charge is 0.233 e. The molecule has 0 bridgehead atoms. The largest absolute Gasteiger partial charge is 0.361 e. The molecule has 0 N–H and O–H groups in total. The van der Waals surface area contributed by atoms with Crippen LogP contribution in [0.15, 0.2) is 4.52 Å². The van der Waals surface area contributed by atoms with Crippen LogP contribution in [0.25, 0.3) is 0 Å². The number of hydrogen-bond acceptors (Lipinski definition) is 6. The standard InChI is InChI=1S/C19H28N2O4S2/c22-19(12-26-11-17-16-7-3-4-8-18(16)25-20-17)21(14-5-1-2-6-14)15-9-10-27(23,24)13-15/h14-15H,1-13H2. The highest BCUT2D eigenvalue weighted by molar-refractivity contribution is 7.99. The van der Waals surface area contributed by atoms with Gasteiger partial charge in [0.1, 0.15) is 5.76 Å². The zero-order chi connectivity index (χ0) is 18.9. The van der Waals surface area contributed by atoms with Crippen molar-refractivity contribution < 1.29 is 17.7 Å². The fraction of sp³-hybridized carbons (Fsp3) is 0.789. The van der Waals surface area contributed by atoms with Crippen LogP contribution >= 0.6 is 11.8 Å². The number of thioether (sulfide) groups is 1. The fourth-order valence-electron chi connectivity index (χ4n) is 4.75. The number of carbonyl (C=O) groups is 1. The van der Waals surface area contributed by atoms with Gasteiger partial charge in [-0.05, 0) is 38.5 Å². The van der Waals surface area contributed by atoms with Gasteiger partial charge in [0.2, 0.25) is 5.91 Å². The monoisotopic (exact) mass is 412 g/mol. The summed E-state index contributed by atoms with van der Waals surface area (Å²) in [5.74, 6) is 2.53. The predicted octanol–water partition coefficient (Wildman–Crippen LogP) is 2.74. The van der Waals surface area contributed by atoms with Gasteiger partial charge in [-0.25, -0.2) is 8.42 Å². The number of nitrogens with zero attached hydrogens (tertiary/aromatic N) is 2. The van der Waals surface area contributed by atoms with E-state index in [9.17, 15) is 13.2 Å². The van der Waals surface area contributed by atoms with Crippen molar-refractivity contribution in [3.8, 4) is 0 Å². The van der Waals surface area contributed by atoms with Gasteiger partial charge in [0, 0.05) is 29.8 Å². The van der Waals surface area contributed by atoms with Gasteiger partial charge in [-0.15, -0.1) is 11.8 Å². The molecule has 3 aliphatic rings. The third kappa shape index (κ3) is 4.36. The Kier molecular flexibility index (Phi) is 5.83. The Hall–Kier alpha value is -1.02. The Morgan fingerprint density at radius 1 is 1.11 bits per heavy atom. The van der Waals surface area contributed by atoms with Crippen LogP contribution < -0.4 is 0 Å². The van der Waals surface area contributed by atoms with E-state index in [0.29, 0.717) is 17.9 Å². The van der Waals surface area contributed by atoms with E-state index in [4.69, 9.17) is 4.52 Å². The molecular weight excluding hydrogens is 384 g/mol. The Labute approximate surface area is 165 Å². The van der Waals surface area contributed by atoms with E-state index >= 15 is 0 Å². The molecule has 150 valence electrons. The molecule has 1 saturated heterocycles. The minimum absolute atomic E-state index is 0.0892. The van der Waals surface area contributed by atoms with Gasteiger partial charge in [0.25, 0.3) is 0 Å². The second kappa shape index (κ2) is 8.15. The van der Waals surface area contributed by atoms with E-state index in [1.54, 1.807) is 11.8 Å². The maximum Gasteiger partial charge on any atom is 0.233 e. The van der Waals surface area contributed by atoms with Crippen molar-refractivity contribution in [1.29, 1.82) is 0 Å². The number of rotatable bonds is 6. The van der Waals surface area contributed by atoms with Crippen molar-refractivity contribution in [2.24, 2.45) is 0 Å². The second-order valence-electron chi connectivity index (χ2n) is 8.03. The highest BCUT2D eigenvalue weighted by atomic mass is 32.2. The lowest BCUT2D eigenvalue weighted by atomic mass is 9.97. The Balaban J connectivity index is 1.37. The minimum Gasteiger partial charge on any atom is -0.361 e. The number of aromatic nitrogens is 1. The van der Waals surface area contributed by atoms with E-state index in [1.807, 2.05) is 4.90 Å². The molecule has 6 nitrogen and oxygen atoms in total. The van der Waals surface area contributed by atoms with Crippen LogP contribution in [0, 0.1) is 0 Å². The molecule has 1 saturated carbocycles. The van der Waals surface area contributed by atoms with Gasteiger partial charge in [0.05, 0.1) is 23.0 Å². The topological polar surface area (TPSA) is 80.5 Å². The zero-order valence-corrected chi connectivity index (χ0v) is 17.3. The van der Waals surface area contributed by atoms with Gasteiger partial charge < -0.3 is 9.42 Å². The first-order chi connectivity index (χ1) is 13.0. The summed E-state index contributed by atoms with van der Waals surface area (Å²) in [5.41, 5.74) is 2.23. The lowest BCUT2D eigenvalue weighted by Gasteiger charge is -2.34. The molecule has 8 heteroatoms. The highest BCUT2D eigenvalue weighted by Crippen LogP contribution is 2.31. The molecule has 27 heavy (non-hydrogen) atoms. The molecular formula is C19H28N2O4S2. The Morgan fingerprint density at radius 2 is 1.89 bits per heavy atom. The molecule has 1 atom stereocenters. The lowest BCUT2D eigenvalue weighted by molar-refractivity contribution is -0.132. The molecule has 2 aliphatic carbocycles. The number of aryl methyl sites for hydroxylation is 1. The number of sulfone groups is 1. The maximum absolute atomic E-state index is 13.0. The SMILES string of the molecule is O=C(CSCc1noc2c1CCCC2)N(C1CCCC1)C1CCS(=O)(=O)C1. The quantitative estimate of drug-likeness (QED) is 0.715. The minimum atomic E-state index is -2.99. The van der Waals surface area contributed by atoms with Crippen LogP contribution in [0.2, 0.25) is 0 Å². The van der Waals surface area contributed by atoms with Gasteiger partial charge in [0.15, 0.2) is 9.84 Å². The van der Waals surface area contributed by atoms with E-state index in [-0.39, 0.29) is 29.5 Å². The van der Waals surface area contributed by atoms with Crippen LogP contribution in [-0.4, -0.2) is 53.7 Å². The van der Waals surface area contributed by atoms with Gasteiger partial charge in [-0.3, -0.25) is 4.79 Å². The molecule has 1 aromatic heterocycles. The summed E-state index contributed by atoms with van der Waals surface area (Å²) in [7, 11) is -2.99. The molecule has 0 aromatic carbocycles. The van der Waals surface area contributed by atoms with Crippen molar-refractivity contribution in [1.82, 2.24) is 10.1 Å². The van der Waals surface area contributed by atoms with Gasteiger partial charge in [-0.2, -0.15) is 0 Å². The van der Waals surface area contributed by atoms with E-state index in [1.165, 1.54) is 12.0 Å². The molecule has 1 unspecified atom stereocenters. The van der Waals surface area contributed by atoms with E-state index in [0.717, 1.165) is 56.4 Å². The van der Waals surface area contributed by atoms with Crippen molar-refractivity contribution in [3.05, 3.63) is 17.0 Å². The Morgan fingerprint density at radius 3 is 2.63 bits per heavy atom. The van der Waals surface area contributed by atoms with Crippen molar-refractivity contribution in [2.45, 2.75) is 75.6 Å². The molecule has 1 aliphatic heterocycles. The molecule has 0 radical (unpaired) electrons. The lowest BCUT2D eigenvalue weighted by Crippen LogP contribution is -2.47. The van der Waals surface area contributed by atoms with Crippen molar-refractivity contribution in [2.75, 3.05) is 17.3 Å². The summed E-state index contributed by atoms with van der Waals surface area (Å²) >= 11 is 1.57. The van der Waals surface area contributed by atoms with Gasteiger partial charge in [-0.1, -0.05) is 18.0 Å². The average molecular weight is 413 g/mol. The van der Waals surface area contributed by atoms with Crippen LogP contribution in [0.4, 0.5) is 0 Å². The zero-order valence-electron chi connectivity index (χ0n) is 15.7. The number of hydrogen-bond donors (Lipinski definition) is 0. The predicted molar refractivity (Wildman–Crippen MR) is 105 cm³/mol. The van der Waals surface area contributed by atoms with Crippen LogP contribution in [-0.2, 0) is 33.2 Å². The number of amides is 1. The first-order valence-electron chi connectivity index (χ1n) is 10.1.